The Labute approximate surface area is 131 Å². The second kappa shape index (κ2) is 6.89. The van der Waals surface area contributed by atoms with Crippen molar-refractivity contribution in [2.75, 3.05) is 19.1 Å². The van der Waals surface area contributed by atoms with E-state index in [0.717, 1.165) is 11.3 Å². The summed E-state index contributed by atoms with van der Waals surface area (Å²) in [5, 5.41) is 0.417. The Hall–Kier alpha value is -1.62. The summed E-state index contributed by atoms with van der Waals surface area (Å²) in [5.74, 6) is -0.402. The molecular weight excluding hydrogens is 340 g/mol. The van der Waals surface area contributed by atoms with E-state index < -0.39 is 11.6 Å². The maximum atomic E-state index is 14.1. The molecule has 2 rings (SSSR count). The quantitative estimate of drug-likeness (QED) is 0.732. The van der Waals surface area contributed by atoms with Crippen LogP contribution in [0.3, 0.4) is 0 Å². The Kier molecular flexibility index (Phi) is 5.17. The summed E-state index contributed by atoms with van der Waals surface area (Å²) in [6.07, 6.45) is 0. The van der Waals surface area contributed by atoms with Crippen molar-refractivity contribution < 1.29 is 13.5 Å². The molecule has 21 heavy (non-hydrogen) atoms. The highest BCUT2D eigenvalue weighted by Crippen LogP contribution is 2.26. The molecular formula is C16H16BrF2NO. The molecule has 2 aromatic carbocycles. The fourth-order valence-corrected chi connectivity index (χ4v) is 2.51. The SMILES string of the molecule is COc1cccc(CN(C)c2c(F)cc(CBr)cc2F)c1. The lowest BCUT2D eigenvalue weighted by Crippen LogP contribution is -2.19. The van der Waals surface area contributed by atoms with Gasteiger partial charge < -0.3 is 9.64 Å². The van der Waals surface area contributed by atoms with Crippen LogP contribution in [0.25, 0.3) is 0 Å². The lowest BCUT2D eigenvalue weighted by atomic mass is 10.1. The first-order valence-electron chi connectivity index (χ1n) is 6.43. The smallest absolute Gasteiger partial charge is 0.149 e. The zero-order valence-corrected chi connectivity index (χ0v) is 13.5. The van der Waals surface area contributed by atoms with Gasteiger partial charge in [-0.3, -0.25) is 0 Å². The van der Waals surface area contributed by atoms with Gasteiger partial charge in [-0.1, -0.05) is 28.1 Å². The topological polar surface area (TPSA) is 12.5 Å². The fourth-order valence-electron chi connectivity index (χ4n) is 2.18. The van der Waals surface area contributed by atoms with Gasteiger partial charge in [0.25, 0.3) is 0 Å². The van der Waals surface area contributed by atoms with Gasteiger partial charge in [-0.05, 0) is 35.4 Å². The number of halogens is 3. The molecule has 112 valence electrons. The molecule has 0 atom stereocenters. The molecule has 0 saturated heterocycles. The number of methoxy groups -OCH3 is 1. The number of hydrogen-bond acceptors (Lipinski definition) is 2. The van der Waals surface area contributed by atoms with Gasteiger partial charge in [0.1, 0.15) is 23.1 Å². The first-order valence-corrected chi connectivity index (χ1v) is 7.55. The minimum Gasteiger partial charge on any atom is -0.497 e. The van der Waals surface area contributed by atoms with Gasteiger partial charge in [-0.25, -0.2) is 8.78 Å². The van der Waals surface area contributed by atoms with Gasteiger partial charge in [-0.15, -0.1) is 0 Å². The highest BCUT2D eigenvalue weighted by atomic mass is 79.9. The molecule has 0 radical (unpaired) electrons. The van der Waals surface area contributed by atoms with Crippen LogP contribution in [0.4, 0.5) is 14.5 Å². The first kappa shape index (κ1) is 15.8. The number of benzene rings is 2. The van der Waals surface area contributed by atoms with E-state index >= 15 is 0 Å². The first-order chi connectivity index (χ1) is 10.0. The average molecular weight is 356 g/mol. The molecule has 0 N–H and O–H groups in total. The molecule has 0 aliphatic heterocycles. The summed E-state index contributed by atoms with van der Waals surface area (Å²) in [7, 11) is 3.25. The minimum atomic E-state index is -0.560. The van der Waals surface area contributed by atoms with Crippen LogP contribution in [0.1, 0.15) is 11.1 Å². The van der Waals surface area contributed by atoms with Crippen LogP contribution in [0.5, 0.6) is 5.75 Å². The van der Waals surface area contributed by atoms with E-state index in [-0.39, 0.29) is 5.69 Å². The Morgan fingerprint density at radius 1 is 1.10 bits per heavy atom. The number of nitrogens with zero attached hydrogens (tertiary/aromatic N) is 1. The minimum absolute atomic E-state index is 0.0254. The van der Waals surface area contributed by atoms with Crippen LogP contribution in [0.2, 0.25) is 0 Å². The molecule has 0 aliphatic rings. The highest BCUT2D eigenvalue weighted by Gasteiger charge is 2.15. The summed E-state index contributed by atoms with van der Waals surface area (Å²) in [6, 6.07) is 10.1. The Balaban J connectivity index is 2.25. The van der Waals surface area contributed by atoms with Crippen molar-refractivity contribution in [3.8, 4) is 5.75 Å². The van der Waals surface area contributed by atoms with Gasteiger partial charge in [0.05, 0.1) is 7.11 Å². The Bertz CT molecular complexity index is 610. The molecule has 0 unspecified atom stereocenters. The monoisotopic (exact) mass is 355 g/mol. The van der Waals surface area contributed by atoms with Crippen molar-refractivity contribution in [3.05, 3.63) is 59.2 Å². The van der Waals surface area contributed by atoms with Crippen LogP contribution in [-0.2, 0) is 11.9 Å². The maximum absolute atomic E-state index is 14.1. The molecule has 0 spiro atoms. The molecule has 0 aliphatic carbocycles. The number of alkyl halides is 1. The molecule has 2 aromatic rings. The number of rotatable bonds is 5. The summed E-state index contributed by atoms with van der Waals surface area (Å²) in [4.78, 5) is 1.55. The van der Waals surface area contributed by atoms with Crippen LogP contribution in [-0.4, -0.2) is 14.2 Å². The third-order valence-electron chi connectivity index (χ3n) is 3.17. The summed E-state index contributed by atoms with van der Waals surface area (Å²) in [6.45, 7) is 0.388. The average Bonchev–Trinajstić information content (AvgIpc) is 2.46. The van der Waals surface area contributed by atoms with E-state index in [4.69, 9.17) is 4.74 Å². The van der Waals surface area contributed by atoms with E-state index in [2.05, 4.69) is 15.9 Å². The van der Waals surface area contributed by atoms with Crippen molar-refractivity contribution in [2.45, 2.75) is 11.9 Å². The van der Waals surface area contributed by atoms with E-state index in [1.165, 1.54) is 12.1 Å². The predicted octanol–water partition coefficient (Wildman–Crippen LogP) is 4.50. The van der Waals surface area contributed by atoms with Gasteiger partial charge in [-0.2, -0.15) is 0 Å². The number of anilines is 1. The van der Waals surface area contributed by atoms with E-state index in [1.807, 2.05) is 24.3 Å². The zero-order chi connectivity index (χ0) is 15.4. The van der Waals surface area contributed by atoms with E-state index in [9.17, 15) is 8.78 Å². The lowest BCUT2D eigenvalue weighted by Gasteiger charge is -2.21. The highest BCUT2D eigenvalue weighted by molar-refractivity contribution is 9.08. The van der Waals surface area contributed by atoms with E-state index in [0.29, 0.717) is 17.4 Å². The Morgan fingerprint density at radius 2 is 1.76 bits per heavy atom. The van der Waals surface area contributed by atoms with Crippen molar-refractivity contribution >= 4 is 21.6 Å². The van der Waals surface area contributed by atoms with Crippen LogP contribution >= 0.6 is 15.9 Å². The lowest BCUT2D eigenvalue weighted by molar-refractivity contribution is 0.414. The second-order valence-electron chi connectivity index (χ2n) is 4.75. The molecule has 0 aromatic heterocycles. The van der Waals surface area contributed by atoms with Crippen molar-refractivity contribution in [1.82, 2.24) is 0 Å². The number of hydrogen-bond donors (Lipinski definition) is 0. The molecule has 0 heterocycles. The molecule has 5 heteroatoms. The van der Waals surface area contributed by atoms with Crippen LogP contribution in [0, 0.1) is 11.6 Å². The molecule has 0 fully saturated rings. The molecule has 2 nitrogen and oxygen atoms in total. The predicted molar refractivity (Wildman–Crippen MR) is 84.1 cm³/mol. The van der Waals surface area contributed by atoms with Gasteiger partial charge in [0.15, 0.2) is 0 Å². The van der Waals surface area contributed by atoms with Crippen LogP contribution in [0.15, 0.2) is 36.4 Å². The third kappa shape index (κ3) is 3.73. The Morgan fingerprint density at radius 3 is 2.33 bits per heavy atom. The van der Waals surface area contributed by atoms with E-state index in [1.54, 1.807) is 19.1 Å². The summed E-state index contributed by atoms with van der Waals surface area (Å²) < 4.78 is 33.3. The molecule has 0 amide bonds. The van der Waals surface area contributed by atoms with Crippen molar-refractivity contribution in [2.24, 2.45) is 0 Å². The van der Waals surface area contributed by atoms with Crippen molar-refractivity contribution in [3.63, 3.8) is 0 Å². The maximum Gasteiger partial charge on any atom is 0.149 e. The fraction of sp³-hybridized carbons (Fsp3) is 0.250. The zero-order valence-electron chi connectivity index (χ0n) is 11.9. The largest absolute Gasteiger partial charge is 0.497 e. The summed E-state index contributed by atoms with van der Waals surface area (Å²) >= 11 is 3.20. The van der Waals surface area contributed by atoms with Crippen LogP contribution < -0.4 is 9.64 Å². The molecule has 0 bridgehead atoms. The van der Waals surface area contributed by atoms with Crippen molar-refractivity contribution in [1.29, 1.82) is 0 Å². The third-order valence-corrected chi connectivity index (χ3v) is 3.81. The molecule has 0 saturated carbocycles. The van der Waals surface area contributed by atoms with Gasteiger partial charge in [0.2, 0.25) is 0 Å². The standard InChI is InChI=1S/C16H16BrF2NO/c1-20(10-11-4-3-5-13(6-11)21-2)16-14(18)7-12(9-17)8-15(16)19/h3-8H,9-10H2,1-2H3. The van der Waals surface area contributed by atoms with Gasteiger partial charge in [0, 0.05) is 18.9 Å². The normalized spacial score (nSPS) is 10.5. The summed E-state index contributed by atoms with van der Waals surface area (Å²) in [5.41, 5.74) is 1.46. The van der Waals surface area contributed by atoms with Gasteiger partial charge >= 0.3 is 0 Å². The second-order valence-corrected chi connectivity index (χ2v) is 5.31. The number of ether oxygens (including phenoxy) is 1.